The molecule has 0 amide bonds. The number of hydrogen-bond donors (Lipinski definition) is 2. The van der Waals surface area contributed by atoms with Crippen molar-refractivity contribution in [3.8, 4) is 0 Å². The SMILES string of the molecule is Cc1nc2ncc(C3=CC=C4OCCC(CC5=CCC(C6CCCN6)=NC6=C5CC(C)(C)CC6)C(C)CC4C3)cc2[nH]1. The van der Waals surface area contributed by atoms with Gasteiger partial charge in [0.25, 0.3) is 0 Å². The summed E-state index contributed by atoms with van der Waals surface area (Å²) in [6, 6.07) is 2.67. The first-order chi connectivity index (χ1) is 20.3. The van der Waals surface area contributed by atoms with Gasteiger partial charge in [0, 0.05) is 36.0 Å². The number of pyridine rings is 1. The summed E-state index contributed by atoms with van der Waals surface area (Å²) in [5.41, 5.74) is 10.6. The smallest absolute Gasteiger partial charge is 0.177 e. The molecule has 7 rings (SSSR count). The number of allylic oxidation sites excluding steroid dienone is 8. The van der Waals surface area contributed by atoms with Crippen molar-refractivity contribution in [1.82, 2.24) is 20.3 Å². The first-order valence-electron chi connectivity index (χ1n) is 16.4. The number of aryl methyl sites for hydroxylation is 1. The van der Waals surface area contributed by atoms with E-state index in [-0.39, 0.29) is 0 Å². The molecule has 4 unspecified atom stereocenters. The fourth-order valence-electron chi connectivity index (χ4n) is 8.03. The molecule has 0 aromatic carbocycles. The van der Waals surface area contributed by atoms with E-state index < -0.39 is 0 Å². The van der Waals surface area contributed by atoms with Crippen molar-refractivity contribution in [3.05, 3.63) is 64.5 Å². The number of imidazole rings is 1. The molecule has 2 aliphatic carbocycles. The van der Waals surface area contributed by atoms with Crippen LogP contribution in [0.25, 0.3) is 16.7 Å². The van der Waals surface area contributed by atoms with Crippen LogP contribution in [0.3, 0.4) is 0 Å². The van der Waals surface area contributed by atoms with E-state index >= 15 is 0 Å². The summed E-state index contributed by atoms with van der Waals surface area (Å²) >= 11 is 0. The second-order valence-corrected chi connectivity index (χ2v) is 14.3. The fraction of sp³-hybridized carbons (Fsp3) is 0.583. The Labute approximate surface area is 250 Å². The molecule has 2 aromatic rings. The molecular formula is C36H47N5O. The number of H-pyrrole nitrogens is 1. The molecule has 42 heavy (non-hydrogen) atoms. The molecule has 3 aliphatic heterocycles. The molecule has 5 heterocycles. The van der Waals surface area contributed by atoms with Gasteiger partial charge in [0.15, 0.2) is 5.65 Å². The van der Waals surface area contributed by atoms with Gasteiger partial charge < -0.3 is 15.0 Å². The third kappa shape index (κ3) is 5.67. The summed E-state index contributed by atoms with van der Waals surface area (Å²) in [4.78, 5) is 17.8. The highest BCUT2D eigenvalue weighted by atomic mass is 16.5. The summed E-state index contributed by atoms with van der Waals surface area (Å²) in [7, 11) is 0. The van der Waals surface area contributed by atoms with Gasteiger partial charge in [-0.25, -0.2) is 9.97 Å². The average Bonchev–Trinajstić information content (AvgIpc) is 3.59. The predicted octanol–water partition coefficient (Wildman–Crippen LogP) is 7.99. The van der Waals surface area contributed by atoms with Crippen molar-refractivity contribution < 1.29 is 4.74 Å². The molecule has 0 saturated carbocycles. The monoisotopic (exact) mass is 565 g/mol. The number of fused-ring (bicyclic) bond motifs is 2. The Morgan fingerprint density at radius 2 is 2.07 bits per heavy atom. The van der Waals surface area contributed by atoms with Gasteiger partial charge in [0.1, 0.15) is 5.82 Å². The number of aromatic nitrogens is 3. The molecule has 0 bridgehead atoms. The zero-order valence-corrected chi connectivity index (χ0v) is 25.9. The minimum absolute atomic E-state index is 0.344. The van der Waals surface area contributed by atoms with E-state index in [0.29, 0.717) is 29.2 Å². The second-order valence-electron chi connectivity index (χ2n) is 14.3. The summed E-state index contributed by atoms with van der Waals surface area (Å²) in [6.07, 6.45) is 20.4. The molecule has 0 radical (unpaired) electrons. The van der Waals surface area contributed by atoms with Gasteiger partial charge in [0.2, 0.25) is 0 Å². The van der Waals surface area contributed by atoms with Gasteiger partial charge in [-0.1, -0.05) is 32.9 Å². The Balaban J connectivity index is 1.09. The Hall–Kier alpha value is -2.99. The average molecular weight is 566 g/mol. The third-order valence-electron chi connectivity index (χ3n) is 10.6. The Morgan fingerprint density at radius 1 is 1.17 bits per heavy atom. The summed E-state index contributed by atoms with van der Waals surface area (Å²) in [5.74, 6) is 3.73. The lowest BCUT2D eigenvalue weighted by molar-refractivity contribution is 0.108. The number of aromatic amines is 1. The van der Waals surface area contributed by atoms with Gasteiger partial charge in [-0.15, -0.1) is 0 Å². The molecule has 2 fully saturated rings. The van der Waals surface area contributed by atoms with Crippen LogP contribution in [0.1, 0.15) is 96.4 Å². The maximum atomic E-state index is 6.48. The second kappa shape index (κ2) is 11.3. The minimum atomic E-state index is 0.344. The molecule has 6 nitrogen and oxygen atoms in total. The topological polar surface area (TPSA) is 75.2 Å². The quantitative estimate of drug-likeness (QED) is 0.394. The Morgan fingerprint density at radius 3 is 2.93 bits per heavy atom. The first kappa shape index (κ1) is 27.8. The van der Waals surface area contributed by atoms with Crippen molar-refractivity contribution in [3.63, 3.8) is 0 Å². The minimum Gasteiger partial charge on any atom is -0.498 e. The van der Waals surface area contributed by atoms with E-state index in [4.69, 9.17) is 9.73 Å². The normalized spacial score (nSPS) is 29.7. The molecule has 2 saturated heterocycles. The largest absolute Gasteiger partial charge is 0.498 e. The van der Waals surface area contributed by atoms with E-state index in [9.17, 15) is 0 Å². The number of ether oxygens (including phenoxy) is 1. The molecule has 2 N–H and O–H groups in total. The van der Waals surface area contributed by atoms with E-state index in [1.54, 1.807) is 11.1 Å². The Bertz CT molecular complexity index is 1510. The standard InChI is InChI=1S/C36H47N5O/c1-22-16-27-18-25(28-19-33-35(38-21-28)40-23(2)39-33)8-10-34(27)42-15-12-24(22)17-26-7-9-32(31-6-5-14-37-31)41-30-11-13-36(3,4)20-29(26)30/h7-8,10,19,21-22,24,27,31,37H,5-6,9,11-18,20H2,1-4H3,(H,38,39,40). The van der Waals surface area contributed by atoms with Crippen LogP contribution in [0.5, 0.6) is 0 Å². The molecule has 0 spiro atoms. The van der Waals surface area contributed by atoms with Crippen LogP contribution in [-0.4, -0.2) is 39.9 Å². The van der Waals surface area contributed by atoms with Gasteiger partial charge >= 0.3 is 0 Å². The van der Waals surface area contributed by atoms with Crippen molar-refractivity contribution in [2.24, 2.45) is 28.2 Å². The third-order valence-corrected chi connectivity index (χ3v) is 10.6. The highest BCUT2D eigenvalue weighted by Crippen LogP contribution is 2.46. The fourth-order valence-corrected chi connectivity index (χ4v) is 8.03. The molecule has 4 atom stereocenters. The molecule has 2 aromatic heterocycles. The van der Waals surface area contributed by atoms with Crippen LogP contribution in [0.2, 0.25) is 0 Å². The maximum Gasteiger partial charge on any atom is 0.177 e. The molecular weight excluding hydrogens is 518 g/mol. The summed E-state index contributed by atoms with van der Waals surface area (Å²) < 4.78 is 6.48. The summed E-state index contributed by atoms with van der Waals surface area (Å²) in [5, 5.41) is 3.72. The van der Waals surface area contributed by atoms with Gasteiger partial charge in [-0.2, -0.15) is 0 Å². The number of rotatable bonds is 4. The summed E-state index contributed by atoms with van der Waals surface area (Å²) in [6.45, 7) is 11.3. The first-order valence-corrected chi connectivity index (χ1v) is 16.4. The van der Waals surface area contributed by atoms with E-state index in [2.05, 4.69) is 65.3 Å². The van der Waals surface area contributed by atoms with Gasteiger partial charge in [-0.05, 0) is 123 Å². The van der Waals surface area contributed by atoms with Crippen molar-refractivity contribution >= 4 is 22.4 Å². The van der Waals surface area contributed by atoms with Gasteiger partial charge in [-0.3, -0.25) is 4.99 Å². The van der Waals surface area contributed by atoms with Crippen molar-refractivity contribution in [2.75, 3.05) is 13.2 Å². The van der Waals surface area contributed by atoms with E-state index in [1.807, 2.05) is 13.1 Å². The lowest BCUT2D eigenvalue weighted by Gasteiger charge is -2.36. The van der Waals surface area contributed by atoms with Crippen LogP contribution >= 0.6 is 0 Å². The predicted molar refractivity (Wildman–Crippen MR) is 171 cm³/mol. The van der Waals surface area contributed by atoms with Crippen LogP contribution < -0.4 is 5.32 Å². The van der Waals surface area contributed by atoms with Crippen molar-refractivity contribution in [1.29, 1.82) is 0 Å². The molecule has 6 heteroatoms. The molecule has 222 valence electrons. The zero-order chi connectivity index (χ0) is 28.8. The number of nitrogens with zero attached hydrogens (tertiary/aromatic N) is 3. The van der Waals surface area contributed by atoms with Crippen LogP contribution in [0, 0.1) is 30.1 Å². The van der Waals surface area contributed by atoms with E-state index in [1.165, 1.54) is 47.6 Å². The highest BCUT2D eigenvalue weighted by Gasteiger charge is 2.34. The van der Waals surface area contributed by atoms with E-state index in [0.717, 1.165) is 75.1 Å². The number of nitrogens with one attached hydrogen (secondary N) is 2. The highest BCUT2D eigenvalue weighted by molar-refractivity contribution is 5.92. The molecule has 5 aliphatic rings. The van der Waals surface area contributed by atoms with Crippen LogP contribution in [0.4, 0.5) is 0 Å². The van der Waals surface area contributed by atoms with Gasteiger partial charge in [0.05, 0.1) is 17.9 Å². The maximum absolute atomic E-state index is 6.48. The van der Waals surface area contributed by atoms with Crippen LogP contribution in [0.15, 0.2) is 58.1 Å². The lowest BCUT2D eigenvalue weighted by Crippen LogP contribution is -2.30. The van der Waals surface area contributed by atoms with Crippen molar-refractivity contribution in [2.45, 2.75) is 97.9 Å². The van der Waals surface area contributed by atoms with Crippen LogP contribution in [-0.2, 0) is 4.74 Å². The Kier molecular flexibility index (Phi) is 7.46. The number of aliphatic imine (C=N–C) groups is 1. The number of hydrogen-bond acceptors (Lipinski definition) is 5. The zero-order valence-electron chi connectivity index (χ0n) is 25.9. The lowest BCUT2D eigenvalue weighted by atomic mass is 9.71.